The molecule has 1 aliphatic heterocycles. The van der Waals surface area contributed by atoms with Gasteiger partial charge in [0, 0.05) is 28.7 Å². The molecule has 0 spiro atoms. The second-order valence-corrected chi connectivity index (χ2v) is 8.96. The minimum atomic E-state index is -0.247. The number of aromatic nitrogens is 1. The topological polar surface area (TPSA) is 65.2 Å². The molecule has 2 amide bonds. The van der Waals surface area contributed by atoms with Gasteiger partial charge < -0.3 is 15.2 Å². The molecule has 1 aliphatic rings. The van der Waals surface area contributed by atoms with Gasteiger partial charge in [0.1, 0.15) is 0 Å². The first-order valence-electron chi connectivity index (χ1n) is 11.9. The summed E-state index contributed by atoms with van der Waals surface area (Å²) in [4.78, 5) is 31.8. The Kier molecular flexibility index (Phi) is 5.30. The van der Waals surface area contributed by atoms with Crippen molar-refractivity contribution in [3.05, 3.63) is 119 Å². The molecular weight excluding hydrogens is 434 g/mol. The summed E-state index contributed by atoms with van der Waals surface area (Å²) >= 11 is 0. The molecule has 5 aromatic rings. The molecule has 2 N–H and O–H groups in total. The molecule has 35 heavy (non-hydrogen) atoms. The highest BCUT2D eigenvalue weighted by Gasteiger charge is 2.34. The minimum Gasteiger partial charge on any atom is -0.356 e. The quantitative estimate of drug-likeness (QED) is 0.387. The second kappa shape index (κ2) is 8.76. The zero-order valence-electron chi connectivity index (χ0n) is 19.2. The molecule has 1 atom stereocenters. The first kappa shape index (κ1) is 21.2. The smallest absolute Gasteiger partial charge is 0.251 e. The van der Waals surface area contributed by atoms with E-state index < -0.39 is 0 Å². The van der Waals surface area contributed by atoms with Crippen LogP contribution >= 0.6 is 0 Å². The van der Waals surface area contributed by atoms with Gasteiger partial charge in [0.05, 0.1) is 12.6 Å². The number of rotatable bonds is 4. The average Bonchev–Trinajstić information content (AvgIpc) is 3.30. The highest BCUT2D eigenvalue weighted by molar-refractivity contribution is 6.00. The maximum absolute atomic E-state index is 13.5. The molecule has 5 heteroatoms. The van der Waals surface area contributed by atoms with Crippen molar-refractivity contribution in [1.82, 2.24) is 15.2 Å². The van der Waals surface area contributed by atoms with Gasteiger partial charge in [0.15, 0.2) is 0 Å². The van der Waals surface area contributed by atoms with Crippen LogP contribution in [0.15, 0.2) is 97.1 Å². The number of H-pyrrole nitrogens is 1. The van der Waals surface area contributed by atoms with E-state index in [-0.39, 0.29) is 24.4 Å². The Morgan fingerprint density at radius 3 is 2.46 bits per heavy atom. The lowest BCUT2D eigenvalue weighted by molar-refractivity contribution is -0.132. The number of nitrogens with zero attached hydrogens (tertiary/aromatic N) is 1. The normalized spacial score (nSPS) is 15.2. The molecule has 1 aromatic heterocycles. The average molecular weight is 460 g/mol. The lowest BCUT2D eigenvalue weighted by Gasteiger charge is -2.36. The van der Waals surface area contributed by atoms with E-state index in [1.54, 1.807) is 6.07 Å². The number of hydrogen-bond donors (Lipinski definition) is 2. The molecule has 0 aliphatic carbocycles. The van der Waals surface area contributed by atoms with E-state index in [4.69, 9.17) is 0 Å². The highest BCUT2D eigenvalue weighted by Crippen LogP contribution is 2.38. The van der Waals surface area contributed by atoms with Crippen molar-refractivity contribution in [3.63, 3.8) is 0 Å². The van der Waals surface area contributed by atoms with Crippen LogP contribution in [-0.4, -0.2) is 34.8 Å². The Bertz CT molecular complexity index is 1550. The minimum absolute atomic E-state index is 0.0510. The maximum atomic E-state index is 13.5. The summed E-state index contributed by atoms with van der Waals surface area (Å²) in [5.74, 6) is -0.346. The van der Waals surface area contributed by atoms with Gasteiger partial charge in [-0.05, 0) is 46.5 Å². The standard InChI is InChI=1S/C30H25N3O2/c34-27(19-31-30(35)23-15-14-20-8-4-5-11-22(20)18-23)33-17-16-25-24-12-6-7-13-26(24)32-28(25)29(33)21-9-2-1-3-10-21/h1-15,18,29,32H,16-17,19H2,(H,31,35). The number of benzene rings is 4. The van der Waals surface area contributed by atoms with Crippen molar-refractivity contribution >= 4 is 33.5 Å². The van der Waals surface area contributed by atoms with Gasteiger partial charge in [-0.2, -0.15) is 0 Å². The lowest BCUT2D eigenvalue weighted by Crippen LogP contribution is -2.45. The first-order valence-corrected chi connectivity index (χ1v) is 11.9. The molecule has 0 bridgehead atoms. The number of para-hydroxylation sites is 1. The zero-order valence-corrected chi connectivity index (χ0v) is 19.2. The molecule has 2 heterocycles. The second-order valence-electron chi connectivity index (χ2n) is 8.96. The van der Waals surface area contributed by atoms with Crippen LogP contribution in [0, 0.1) is 0 Å². The molecule has 0 saturated heterocycles. The Morgan fingerprint density at radius 1 is 0.857 bits per heavy atom. The van der Waals surface area contributed by atoms with Gasteiger partial charge in [0.25, 0.3) is 5.91 Å². The lowest BCUT2D eigenvalue weighted by atomic mass is 9.92. The van der Waals surface area contributed by atoms with Gasteiger partial charge in [-0.1, -0.05) is 78.9 Å². The molecule has 0 radical (unpaired) electrons. The van der Waals surface area contributed by atoms with Crippen LogP contribution in [-0.2, 0) is 11.2 Å². The van der Waals surface area contributed by atoms with Crippen LogP contribution in [0.2, 0.25) is 0 Å². The van der Waals surface area contributed by atoms with E-state index in [0.717, 1.165) is 34.0 Å². The fourth-order valence-corrected chi connectivity index (χ4v) is 5.18. The first-order chi connectivity index (χ1) is 17.2. The van der Waals surface area contributed by atoms with Crippen LogP contribution in [0.3, 0.4) is 0 Å². The Morgan fingerprint density at radius 2 is 1.60 bits per heavy atom. The monoisotopic (exact) mass is 459 g/mol. The van der Waals surface area contributed by atoms with Crippen LogP contribution in [0.5, 0.6) is 0 Å². The molecule has 0 fully saturated rings. The SMILES string of the molecule is O=C(NCC(=O)N1CCc2c([nH]c3ccccc23)C1c1ccccc1)c1ccc2ccccc2c1. The highest BCUT2D eigenvalue weighted by atomic mass is 16.2. The summed E-state index contributed by atoms with van der Waals surface area (Å²) in [6.07, 6.45) is 0.771. The van der Waals surface area contributed by atoms with Gasteiger partial charge in [-0.25, -0.2) is 0 Å². The molecule has 4 aromatic carbocycles. The van der Waals surface area contributed by atoms with Crippen molar-refractivity contribution in [1.29, 1.82) is 0 Å². The molecule has 1 unspecified atom stereocenters. The molecule has 6 rings (SSSR count). The number of carbonyl (C=O) groups is 2. The Balaban J connectivity index is 1.26. The maximum Gasteiger partial charge on any atom is 0.251 e. The van der Waals surface area contributed by atoms with Gasteiger partial charge in [-0.15, -0.1) is 0 Å². The summed E-state index contributed by atoms with van der Waals surface area (Å²) in [5.41, 5.74) is 5.00. The summed E-state index contributed by atoms with van der Waals surface area (Å²) in [6.45, 7) is 0.545. The zero-order chi connectivity index (χ0) is 23.8. The van der Waals surface area contributed by atoms with E-state index in [9.17, 15) is 9.59 Å². The number of amides is 2. The third-order valence-corrected chi connectivity index (χ3v) is 6.88. The summed E-state index contributed by atoms with van der Waals surface area (Å²) in [6, 6.07) is 31.6. The fourth-order valence-electron chi connectivity index (χ4n) is 5.18. The van der Waals surface area contributed by atoms with E-state index >= 15 is 0 Å². The number of fused-ring (bicyclic) bond motifs is 4. The molecule has 5 nitrogen and oxygen atoms in total. The predicted octanol–water partition coefficient (Wildman–Crippen LogP) is 5.23. The third kappa shape index (κ3) is 3.85. The van der Waals surface area contributed by atoms with Crippen molar-refractivity contribution in [3.8, 4) is 0 Å². The Hall–Kier alpha value is -4.38. The molecule has 0 saturated carbocycles. The van der Waals surface area contributed by atoms with Crippen molar-refractivity contribution in [2.75, 3.05) is 13.1 Å². The number of hydrogen-bond acceptors (Lipinski definition) is 2. The number of carbonyl (C=O) groups excluding carboxylic acids is 2. The van der Waals surface area contributed by atoms with Crippen LogP contribution < -0.4 is 5.32 Å². The van der Waals surface area contributed by atoms with Crippen molar-refractivity contribution in [2.45, 2.75) is 12.5 Å². The van der Waals surface area contributed by atoms with Gasteiger partial charge >= 0.3 is 0 Å². The van der Waals surface area contributed by atoms with Crippen molar-refractivity contribution in [2.24, 2.45) is 0 Å². The number of nitrogens with one attached hydrogen (secondary N) is 2. The Labute approximate surface area is 203 Å². The van der Waals surface area contributed by atoms with E-state index in [2.05, 4.69) is 34.6 Å². The van der Waals surface area contributed by atoms with Gasteiger partial charge in [-0.3, -0.25) is 9.59 Å². The number of aromatic amines is 1. The predicted molar refractivity (Wildman–Crippen MR) is 138 cm³/mol. The van der Waals surface area contributed by atoms with Crippen molar-refractivity contribution < 1.29 is 9.59 Å². The molecular formula is C30H25N3O2. The van der Waals surface area contributed by atoms with E-state index in [1.807, 2.05) is 71.6 Å². The van der Waals surface area contributed by atoms with Crippen LogP contribution in [0.25, 0.3) is 21.7 Å². The van der Waals surface area contributed by atoms with Crippen LogP contribution in [0.1, 0.15) is 33.2 Å². The summed E-state index contributed by atoms with van der Waals surface area (Å²) < 4.78 is 0. The molecule has 172 valence electrons. The van der Waals surface area contributed by atoms with Gasteiger partial charge in [0.2, 0.25) is 5.91 Å². The summed E-state index contributed by atoms with van der Waals surface area (Å²) in [5, 5.41) is 6.13. The third-order valence-electron chi connectivity index (χ3n) is 6.88. The van der Waals surface area contributed by atoms with E-state index in [0.29, 0.717) is 12.1 Å². The fraction of sp³-hybridized carbons (Fsp3) is 0.133. The largest absolute Gasteiger partial charge is 0.356 e. The van der Waals surface area contributed by atoms with Crippen LogP contribution in [0.4, 0.5) is 0 Å². The summed E-state index contributed by atoms with van der Waals surface area (Å²) in [7, 11) is 0. The van der Waals surface area contributed by atoms with E-state index in [1.165, 1.54) is 10.9 Å².